The van der Waals surface area contributed by atoms with E-state index in [9.17, 15) is 4.79 Å². The maximum absolute atomic E-state index is 12.1. The summed E-state index contributed by atoms with van der Waals surface area (Å²) in [6, 6.07) is 18.7. The van der Waals surface area contributed by atoms with Crippen LogP contribution in [0.3, 0.4) is 0 Å². The molecule has 0 amide bonds. The SMILES string of the molecule is CC(=O)c1c(C)[nH]c(-c2nc3ccccc3n2C(C)c2ccccc2)c1C. The zero-order valence-electron chi connectivity index (χ0n) is 16.1. The Hall–Kier alpha value is -3.14. The van der Waals surface area contributed by atoms with Gasteiger partial charge in [0.05, 0.1) is 22.8 Å². The van der Waals surface area contributed by atoms with Crippen LogP contribution in [0.1, 0.15) is 47.1 Å². The van der Waals surface area contributed by atoms with Gasteiger partial charge in [-0.25, -0.2) is 4.98 Å². The second kappa shape index (κ2) is 6.54. The number of hydrogen-bond acceptors (Lipinski definition) is 2. The molecular weight excluding hydrogens is 334 g/mol. The Kier molecular flexibility index (Phi) is 4.19. The summed E-state index contributed by atoms with van der Waals surface area (Å²) in [6.07, 6.45) is 0. The number of nitrogens with one attached hydrogen (secondary N) is 1. The zero-order chi connectivity index (χ0) is 19.1. The van der Waals surface area contributed by atoms with Crippen LogP contribution in [0.25, 0.3) is 22.6 Å². The van der Waals surface area contributed by atoms with Crippen LogP contribution in [0, 0.1) is 13.8 Å². The van der Waals surface area contributed by atoms with Gasteiger partial charge >= 0.3 is 0 Å². The van der Waals surface area contributed by atoms with Crippen molar-refractivity contribution in [2.75, 3.05) is 0 Å². The first-order chi connectivity index (χ1) is 13.0. The highest BCUT2D eigenvalue weighted by Gasteiger charge is 2.23. The van der Waals surface area contributed by atoms with Gasteiger partial charge in [0, 0.05) is 11.3 Å². The fourth-order valence-electron chi connectivity index (χ4n) is 4.00. The number of carbonyl (C=O) groups is 1. The summed E-state index contributed by atoms with van der Waals surface area (Å²) in [4.78, 5) is 20.4. The molecule has 4 rings (SSSR count). The van der Waals surface area contributed by atoms with Crippen molar-refractivity contribution in [3.63, 3.8) is 0 Å². The number of nitrogens with zero attached hydrogens (tertiary/aromatic N) is 2. The number of H-pyrrole nitrogens is 1. The van der Waals surface area contributed by atoms with E-state index in [1.165, 1.54) is 5.56 Å². The molecule has 136 valence electrons. The Morgan fingerprint density at radius 3 is 2.37 bits per heavy atom. The number of carbonyl (C=O) groups excluding carboxylic acids is 1. The number of Topliss-reactive ketones (excluding diaryl/α,β-unsaturated/α-hetero) is 1. The largest absolute Gasteiger partial charge is 0.355 e. The number of fused-ring (bicyclic) bond motifs is 1. The summed E-state index contributed by atoms with van der Waals surface area (Å²) in [6.45, 7) is 7.74. The van der Waals surface area contributed by atoms with Crippen molar-refractivity contribution in [2.24, 2.45) is 0 Å². The van der Waals surface area contributed by atoms with Crippen molar-refractivity contribution >= 4 is 16.8 Å². The minimum Gasteiger partial charge on any atom is -0.355 e. The first kappa shape index (κ1) is 17.3. The second-order valence-corrected chi connectivity index (χ2v) is 7.06. The van der Waals surface area contributed by atoms with Crippen LogP contribution in [0.4, 0.5) is 0 Å². The molecule has 0 radical (unpaired) electrons. The number of ketones is 1. The molecule has 0 bridgehead atoms. The van der Waals surface area contributed by atoms with E-state index in [1.54, 1.807) is 6.92 Å². The topological polar surface area (TPSA) is 50.7 Å². The number of aromatic amines is 1. The third-order valence-corrected chi connectivity index (χ3v) is 5.28. The molecule has 2 aromatic heterocycles. The van der Waals surface area contributed by atoms with Gasteiger partial charge in [0.25, 0.3) is 0 Å². The van der Waals surface area contributed by atoms with Crippen molar-refractivity contribution in [3.8, 4) is 11.5 Å². The average molecular weight is 357 g/mol. The van der Waals surface area contributed by atoms with Crippen LogP contribution >= 0.6 is 0 Å². The van der Waals surface area contributed by atoms with Gasteiger partial charge in [0.15, 0.2) is 11.6 Å². The molecule has 0 aliphatic rings. The molecule has 4 heteroatoms. The Morgan fingerprint density at radius 1 is 1.04 bits per heavy atom. The van der Waals surface area contributed by atoms with Crippen LogP contribution in [0.15, 0.2) is 54.6 Å². The van der Waals surface area contributed by atoms with Crippen molar-refractivity contribution in [1.82, 2.24) is 14.5 Å². The van der Waals surface area contributed by atoms with Gasteiger partial charge in [0.1, 0.15) is 0 Å². The van der Waals surface area contributed by atoms with E-state index >= 15 is 0 Å². The fraction of sp³-hybridized carbons (Fsp3) is 0.217. The van der Waals surface area contributed by atoms with Gasteiger partial charge < -0.3 is 9.55 Å². The highest BCUT2D eigenvalue weighted by Crippen LogP contribution is 2.34. The van der Waals surface area contributed by atoms with Gasteiger partial charge in [-0.2, -0.15) is 0 Å². The average Bonchev–Trinajstić information content (AvgIpc) is 3.18. The number of hydrogen-bond donors (Lipinski definition) is 1. The predicted molar refractivity (Wildman–Crippen MR) is 109 cm³/mol. The van der Waals surface area contributed by atoms with E-state index in [1.807, 2.05) is 38.1 Å². The Labute approximate surface area is 158 Å². The van der Waals surface area contributed by atoms with Crippen LogP contribution in [-0.4, -0.2) is 20.3 Å². The molecule has 2 aromatic carbocycles. The lowest BCUT2D eigenvalue weighted by Gasteiger charge is -2.18. The molecule has 1 N–H and O–H groups in total. The number of aromatic nitrogens is 3. The molecule has 0 saturated heterocycles. The highest BCUT2D eigenvalue weighted by atomic mass is 16.1. The zero-order valence-corrected chi connectivity index (χ0v) is 16.1. The minimum atomic E-state index is 0.0752. The van der Waals surface area contributed by atoms with Gasteiger partial charge in [0.2, 0.25) is 0 Å². The molecule has 0 aliphatic carbocycles. The lowest BCUT2D eigenvalue weighted by atomic mass is 10.1. The summed E-state index contributed by atoms with van der Waals surface area (Å²) >= 11 is 0. The summed E-state index contributed by atoms with van der Waals surface area (Å²) < 4.78 is 2.26. The summed E-state index contributed by atoms with van der Waals surface area (Å²) in [5, 5.41) is 0. The molecule has 1 atom stereocenters. The second-order valence-electron chi connectivity index (χ2n) is 7.06. The Balaban J connectivity index is 2.00. The normalized spacial score (nSPS) is 12.4. The molecule has 0 aliphatic heterocycles. The molecule has 4 aromatic rings. The molecule has 0 spiro atoms. The van der Waals surface area contributed by atoms with E-state index in [0.717, 1.165) is 39.4 Å². The smallest absolute Gasteiger partial charge is 0.161 e. The Morgan fingerprint density at radius 2 is 1.70 bits per heavy atom. The number of rotatable bonds is 4. The number of benzene rings is 2. The summed E-state index contributed by atoms with van der Waals surface area (Å²) in [7, 11) is 0. The highest BCUT2D eigenvalue weighted by molar-refractivity contribution is 5.98. The third kappa shape index (κ3) is 2.78. The summed E-state index contributed by atoms with van der Waals surface area (Å²) in [5.41, 5.74) is 6.77. The van der Waals surface area contributed by atoms with Gasteiger partial charge in [-0.05, 0) is 51.0 Å². The molecule has 0 saturated carbocycles. The monoisotopic (exact) mass is 357 g/mol. The van der Waals surface area contributed by atoms with Crippen LogP contribution in [0.5, 0.6) is 0 Å². The fourth-order valence-corrected chi connectivity index (χ4v) is 4.00. The van der Waals surface area contributed by atoms with E-state index in [-0.39, 0.29) is 11.8 Å². The van der Waals surface area contributed by atoms with Crippen LogP contribution < -0.4 is 0 Å². The maximum Gasteiger partial charge on any atom is 0.161 e. The molecule has 0 fully saturated rings. The van der Waals surface area contributed by atoms with E-state index in [4.69, 9.17) is 4.98 Å². The lowest BCUT2D eigenvalue weighted by Crippen LogP contribution is -2.09. The van der Waals surface area contributed by atoms with Gasteiger partial charge in [-0.15, -0.1) is 0 Å². The summed E-state index contributed by atoms with van der Waals surface area (Å²) in [5.74, 6) is 0.937. The molecule has 1 unspecified atom stereocenters. The lowest BCUT2D eigenvalue weighted by molar-refractivity contribution is 0.101. The van der Waals surface area contributed by atoms with Gasteiger partial charge in [-0.1, -0.05) is 42.5 Å². The molecule has 2 heterocycles. The van der Waals surface area contributed by atoms with Crippen LogP contribution in [-0.2, 0) is 0 Å². The standard InChI is InChI=1S/C23H23N3O/c1-14-21(17(4)27)15(2)24-22(14)23-25-19-12-8-9-13-20(19)26(23)16(3)18-10-6-5-7-11-18/h5-13,16,24H,1-4H3. The first-order valence-corrected chi connectivity index (χ1v) is 9.21. The molecular formula is C23H23N3O. The first-order valence-electron chi connectivity index (χ1n) is 9.21. The quantitative estimate of drug-likeness (QED) is 0.493. The maximum atomic E-state index is 12.1. The minimum absolute atomic E-state index is 0.0752. The van der Waals surface area contributed by atoms with Crippen molar-refractivity contribution in [1.29, 1.82) is 0 Å². The number of imidazole rings is 1. The van der Waals surface area contributed by atoms with Crippen LogP contribution in [0.2, 0.25) is 0 Å². The number of aryl methyl sites for hydroxylation is 1. The van der Waals surface area contributed by atoms with Crippen molar-refractivity contribution < 1.29 is 4.79 Å². The van der Waals surface area contributed by atoms with E-state index in [0.29, 0.717) is 0 Å². The van der Waals surface area contributed by atoms with E-state index < -0.39 is 0 Å². The van der Waals surface area contributed by atoms with Crippen molar-refractivity contribution in [2.45, 2.75) is 33.7 Å². The number of para-hydroxylation sites is 2. The Bertz CT molecular complexity index is 1140. The predicted octanol–water partition coefficient (Wildman–Crippen LogP) is 5.46. The molecule has 4 nitrogen and oxygen atoms in total. The third-order valence-electron chi connectivity index (χ3n) is 5.28. The van der Waals surface area contributed by atoms with Gasteiger partial charge in [-0.3, -0.25) is 4.79 Å². The molecule has 27 heavy (non-hydrogen) atoms. The van der Waals surface area contributed by atoms with Crippen molar-refractivity contribution in [3.05, 3.63) is 77.0 Å². The van der Waals surface area contributed by atoms with E-state index in [2.05, 4.69) is 46.8 Å².